The maximum Gasteiger partial charge on any atom is 0.0630 e. The normalized spacial score (nSPS) is 19.3. The first-order chi connectivity index (χ1) is 6.69. The molecule has 0 aromatic rings. The van der Waals surface area contributed by atoms with Crippen LogP contribution in [-0.2, 0) is 4.74 Å². The van der Waals surface area contributed by atoms with E-state index in [-0.39, 0.29) is 0 Å². The molecule has 1 rings (SSSR count). The summed E-state index contributed by atoms with van der Waals surface area (Å²) in [5.74, 6) is 0.710. The minimum atomic E-state index is 0.412. The first-order valence-corrected chi connectivity index (χ1v) is 5.63. The Bertz CT molecular complexity index is 157. The number of nitrogens with two attached hydrogens (primary N) is 1. The Morgan fingerprint density at radius 1 is 1.43 bits per heavy atom. The van der Waals surface area contributed by atoms with Gasteiger partial charge < -0.3 is 10.5 Å². The summed E-state index contributed by atoms with van der Waals surface area (Å²) >= 11 is 0. The highest BCUT2D eigenvalue weighted by Gasteiger charge is 2.33. The second kappa shape index (κ2) is 5.69. The summed E-state index contributed by atoms with van der Waals surface area (Å²) in [4.78, 5) is 2.54. The highest BCUT2D eigenvalue weighted by Crippen LogP contribution is 2.29. The quantitative estimate of drug-likeness (QED) is 0.668. The van der Waals surface area contributed by atoms with Gasteiger partial charge in [0.05, 0.1) is 6.61 Å². The van der Waals surface area contributed by atoms with Gasteiger partial charge >= 0.3 is 0 Å². The molecule has 0 radical (unpaired) electrons. The zero-order chi connectivity index (χ0) is 10.6. The second-order valence-corrected chi connectivity index (χ2v) is 4.67. The molecule has 0 heterocycles. The Labute approximate surface area is 87.6 Å². The van der Waals surface area contributed by atoms with E-state index in [2.05, 4.69) is 18.7 Å². The van der Waals surface area contributed by atoms with E-state index in [0.29, 0.717) is 18.5 Å². The lowest BCUT2D eigenvalue weighted by atomic mass is 10.1. The van der Waals surface area contributed by atoms with Crippen molar-refractivity contribution in [3.05, 3.63) is 0 Å². The predicted molar refractivity (Wildman–Crippen MR) is 59.3 cm³/mol. The average molecular weight is 200 g/mol. The highest BCUT2D eigenvalue weighted by molar-refractivity contribution is 4.89. The number of nitrogens with zero attached hydrogens (tertiary/aromatic N) is 1. The van der Waals surface area contributed by atoms with E-state index in [1.807, 2.05) is 0 Å². The molecule has 0 aromatic heterocycles. The van der Waals surface area contributed by atoms with E-state index in [1.54, 1.807) is 7.11 Å². The molecule has 0 aliphatic heterocycles. The van der Waals surface area contributed by atoms with Crippen molar-refractivity contribution in [2.75, 3.05) is 26.8 Å². The number of ether oxygens (including phenoxy) is 1. The van der Waals surface area contributed by atoms with Crippen molar-refractivity contribution in [2.45, 2.75) is 38.8 Å². The molecular weight excluding hydrogens is 176 g/mol. The maximum atomic E-state index is 5.78. The van der Waals surface area contributed by atoms with Gasteiger partial charge in [0.1, 0.15) is 0 Å². The average Bonchev–Trinajstić information content (AvgIpc) is 2.93. The number of hydrogen-bond acceptors (Lipinski definition) is 3. The first kappa shape index (κ1) is 12.0. The van der Waals surface area contributed by atoms with Gasteiger partial charge in [0, 0.05) is 32.3 Å². The number of methoxy groups -OCH3 is 1. The second-order valence-electron chi connectivity index (χ2n) is 4.67. The van der Waals surface area contributed by atoms with E-state index >= 15 is 0 Å². The van der Waals surface area contributed by atoms with Crippen LogP contribution >= 0.6 is 0 Å². The Hall–Kier alpha value is -0.120. The summed E-state index contributed by atoms with van der Waals surface area (Å²) in [7, 11) is 1.75. The molecule has 1 unspecified atom stereocenters. The third kappa shape index (κ3) is 3.56. The van der Waals surface area contributed by atoms with Crippen molar-refractivity contribution in [3.63, 3.8) is 0 Å². The SMILES string of the molecule is COCC(CN)N(CC(C)C)C1CC1. The van der Waals surface area contributed by atoms with Crippen LogP contribution in [0.15, 0.2) is 0 Å². The standard InChI is InChI=1S/C11H24N2O/c1-9(2)7-13(10-4-5-10)11(6-12)8-14-3/h9-11H,4-8,12H2,1-3H3. The Balaban J connectivity index is 2.45. The van der Waals surface area contributed by atoms with Crippen LogP contribution in [0.1, 0.15) is 26.7 Å². The fourth-order valence-corrected chi connectivity index (χ4v) is 1.92. The fraction of sp³-hybridized carbons (Fsp3) is 1.00. The lowest BCUT2D eigenvalue weighted by molar-refractivity contribution is 0.0807. The van der Waals surface area contributed by atoms with Crippen LogP contribution in [0.5, 0.6) is 0 Å². The van der Waals surface area contributed by atoms with Crippen molar-refractivity contribution in [3.8, 4) is 0 Å². The van der Waals surface area contributed by atoms with Crippen LogP contribution < -0.4 is 5.73 Å². The summed E-state index contributed by atoms with van der Waals surface area (Å²) in [6, 6.07) is 1.19. The van der Waals surface area contributed by atoms with E-state index in [4.69, 9.17) is 10.5 Å². The van der Waals surface area contributed by atoms with Crippen LogP contribution in [0, 0.1) is 5.92 Å². The Morgan fingerprint density at radius 3 is 2.43 bits per heavy atom. The van der Waals surface area contributed by atoms with Crippen molar-refractivity contribution in [2.24, 2.45) is 11.7 Å². The molecule has 1 aliphatic carbocycles. The van der Waals surface area contributed by atoms with Crippen molar-refractivity contribution in [1.29, 1.82) is 0 Å². The summed E-state index contributed by atoms with van der Waals surface area (Å²) < 4.78 is 5.21. The minimum absolute atomic E-state index is 0.412. The summed E-state index contributed by atoms with van der Waals surface area (Å²) in [5, 5.41) is 0. The van der Waals surface area contributed by atoms with Gasteiger partial charge in [0.15, 0.2) is 0 Å². The molecule has 3 nitrogen and oxygen atoms in total. The van der Waals surface area contributed by atoms with Gasteiger partial charge in [-0.25, -0.2) is 0 Å². The van der Waals surface area contributed by atoms with Gasteiger partial charge in [-0.05, 0) is 18.8 Å². The minimum Gasteiger partial charge on any atom is -0.383 e. The largest absolute Gasteiger partial charge is 0.383 e. The fourth-order valence-electron chi connectivity index (χ4n) is 1.92. The van der Waals surface area contributed by atoms with E-state index in [1.165, 1.54) is 12.8 Å². The molecule has 2 N–H and O–H groups in total. The maximum absolute atomic E-state index is 5.78. The Morgan fingerprint density at radius 2 is 2.07 bits per heavy atom. The molecule has 0 bridgehead atoms. The number of hydrogen-bond donors (Lipinski definition) is 1. The van der Waals surface area contributed by atoms with Crippen LogP contribution in [0.2, 0.25) is 0 Å². The summed E-state index contributed by atoms with van der Waals surface area (Å²) in [5.41, 5.74) is 5.78. The summed E-state index contributed by atoms with van der Waals surface area (Å²) in [6.45, 7) is 7.14. The first-order valence-electron chi connectivity index (χ1n) is 5.63. The Kier molecular flexibility index (Phi) is 4.85. The molecule has 1 saturated carbocycles. The van der Waals surface area contributed by atoms with Gasteiger partial charge in [-0.2, -0.15) is 0 Å². The van der Waals surface area contributed by atoms with Crippen molar-refractivity contribution in [1.82, 2.24) is 4.90 Å². The number of rotatable bonds is 7. The molecule has 0 amide bonds. The molecule has 1 aliphatic rings. The summed E-state index contributed by atoms with van der Waals surface area (Å²) in [6.07, 6.45) is 2.68. The molecular formula is C11H24N2O. The van der Waals surface area contributed by atoms with Gasteiger partial charge in [-0.15, -0.1) is 0 Å². The van der Waals surface area contributed by atoms with Gasteiger partial charge in [-0.3, -0.25) is 4.90 Å². The predicted octanol–water partition coefficient (Wildman–Crippen LogP) is 1.08. The highest BCUT2D eigenvalue weighted by atomic mass is 16.5. The molecule has 0 spiro atoms. The molecule has 0 saturated heterocycles. The molecule has 1 fully saturated rings. The van der Waals surface area contributed by atoms with Crippen LogP contribution in [0.4, 0.5) is 0 Å². The molecule has 84 valence electrons. The van der Waals surface area contributed by atoms with Gasteiger partial charge in [0.2, 0.25) is 0 Å². The smallest absolute Gasteiger partial charge is 0.0630 e. The van der Waals surface area contributed by atoms with E-state index < -0.39 is 0 Å². The van der Waals surface area contributed by atoms with Crippen molar-refractivity contribution < 1.29 is 4.74 Å². The van der Waals surface area contributed by atoms with Gasteiger partial charge in [0.25, 0.3) is 0 Å². The lowest BCUT2D eigenvalue weighted by Gasteiger charge is -2.31. The topological polar surface area (TPSA) is 38.5 Å². The van der Waals surface area contributed by atoms with E-state index in [9.17, 15) is 0 Å². The van der Waals surface area contributed by atoms with Crippen LogP contribution in [-0.4, -0.2) is 43.8 Å². The van der Waals surface area contributed by atoms with E-state index in [0.717, 1.165) is 19.2 Å². The van der Waals surface area contributed by atoms with Crippen LogP contribution in [0.3, 0.4) is 0 Å². The van der Waals surface area contributed by atoms with Crippen LogP contribution in [0.25, 0.3) is 0 Å². The zero-order valence-electron chi connectivity index (χ0n) is 9.70. The molecule has 1 atom stereocenters. The zero-order valence-corrected chi connectivity index (χ0v) is 9.70. The lowest BCUT2D eigenvalue weighted by Crippen LogP contribution is -2.46. The van der Waals surface area contributed by atoms with Crippen molar-refractivity contribution >= 4 is 0 Å². The third-order valence-corrected chi connectivity index (χ3v) is 2.69. The van der Waals surface area contributed by atoms with Gasteiger partial charge in [-0.1, -0.05) is 13.8 Å². The third-order valence-electron chi connectivity index (χ3n) is 2.69. The monoisotopic (exact) mass is 200 g/mol. The molecule has 3 heteroatoms. The molecule has 14 heavy (non-hydrogen) atoms. The molecule has 0 aromatic carbocycles.